The highest BCUT2D eigenvalue weighted by Gasteiger charge is 2.28. The Balaban J connectivity index is 2.31. The molecule has 0 saturated heterocycles. The largest absolute Gasteiger partial charge is 0.291 e. The van der Waals surface area contributed by atoms with Crippen LogP contribution in [0, 0.1) is 0 Å². The molecular weight excluding hydrogens is 398 g/mol. The maximum atomic E-state index is 2.40. The van der Waals surface area contributed by atoms with E-state index >= 15 is 0 Å². The fourth-order valence-electron chi connectivity index (χ4n) is 5.40. The highest BCUT2D eigenvalue weighted by Crippen LogP contribution is 2.27. The molecule has 0 radical (unpaired) electrons. The zero-order chi connectivity index (χ0) is 23.9. The summed E-state index contributed by atoms with van der Waals surface area (Å²) >= 11 is 0. The van der Waals surface area contributed by atoms with Crippen molar-refractivity contribution in [3.8, 4) is 0 Å². The lowest BCUT2D eigenvalue weighted by Crippen LogP contribution is -2.51. The van der Waals surface area contributed by atoms with Gasteiger partial charge in [-0.25, -0.2) is 0 Å². The van der Waals surface area contributed by atoms with Crippen molar-refractivity contribution in [3.05, 3.63) is 30.3 Å². The normalized spacial score (nSPS) is 11.8. The molecule has 1 aromatic rings. The van der Waals surface area contributed by atoms with Crippen LogP contribution in [0.2, 0.25) is 0 Å². The average molecular weight is 459 g/mol. The van der Waals surface area contributed by atoms with Crippen molar-refractivity contribution in [3.63, 3.8) is 0 Å². The SMILES string of the molecule is CCCCCCCCCCCCCCCC[N+](CCCCC)(CCCCC)c1ccccc1. The third kappa shape index (κ3) is 14.9. The van der Waals surface area contributed by atoms with Crippen molar-refractivity contribution in [2.24, 2.45) is 0 Å². The zero-order valence-electron chi connectivity index (χ0n) is 23.1. The molecule has 1 rings (SSSR count). The minimum atomic E-state index is 1.24. The molecule has 0 unspecified atom stereocenters. The lowest BCUT2D eigenvalue weighted by atomic mass is 10.0. The quantitative estimate of drug-likeness (QED) is 0.107. The summed E-state index contributed by atoms with van der Waals surface area (Å²) in [6, 6.07) is 11.5. The summed E-state index contributed by atoms with van der Waals surface area (Å²) in [6.45, 7) is 11.0. The Kier molecular flexibility index (Phi) is 19.9. The minimum absolute atomic E-state index is 1.24. The van der Waals surface area contributed by atoms with E-state index in [1.807, 2.05) is 0 Å². The fourth-order valence-corrected chi connectivity index (χ4v) is 5.40. The summed E-state index contributed by atoms with van der Waals surface area (Å²) in [5.41, 5.74) is 1.57. The zero-order valence-corrected chi connectivity index (χ0v) is 23.1. The van der Waals surface area contributed by atoms with Gasteiger partial charge in [-0.1, -0.05) is 129 Å². The maximum Gasteiger partial charge on any atom is 0.132 e. The molecule has 0 amide bonds. The molecule has 0 spiro atoms. The standard InChI is InChI=1S/C32H60N/c1-4-7-10-11-12-13-14-15-16-17-18-19-20-26-31-33(29-24-8-5-2,30-25-9-6-3)32-27-22-21-23-28-32/h21-23,27-28H,4-20,24-26,29-31H2,1-3H3/q+1. The highest BCUT2D eigenvalue weighted by molar-refractivity contribution is 5.42. The third-order valence-electron chi connectivity index (χ3n) is 7.62. The first-order valence-corrected chi connectivity index (χ1v) is 15.2. The topological polar surface area (TPSA) is 0 Å². The number of rotatable bonds is 24. The van der Waals surface area contributed by atoms with Crippen LogP contribution in [-0.4, -0.2) is 19.6 Å². The summed E-state index contributed by atoms with van der Waals surface area (Å²) in [6.07, 6.45) is 28.4. The van der Waals surface area contributed by atoms with Crippen LogP contribution < -0.4 is 4.48 Å². The van der Waals surface area contributed by atoms with Gasteiger partial charge in [0.25, 0.3) is 0 Å². The Morgan fingerprint density at radius 3 is 1.09 bits per heavy atom. The van der Waals surface area contributed by atoms with Crippen LogP contribution in [0.3, 0.4) is 0 Å². The fraction of sp³-hybridized carbons (Fsp3) is 0.812. The molecular formula is C32H60N+. The van der Waals surface area contributed by atoms with Gasteiger partial charge in [-0.3, -0.25) is 4.48 Å². The lowest BCUT2D eigenvalue weighted by Gasteiger charge is -2.39. The first-order chi connectivity index (χ1) is 16.3. The number of para-hydroxylation sites is 1. The summed E-state index contributed by atoms with van der Waals surface area (Å²) in [4.78, 5) is 0. The summed E-state index contributed by atoms with van der Waals surface area (Å²) < 4.78 is 1.24. The van der Waals surface area contributed by atoms with Crippen LogP contribution in [0.4, 0.5) is 5.69 Å². The number of nitrogens with zero attached hydrogens (tertiary/aromatic N) is 1. The first-order valence-electron chi connectivity index (χ1n) is 15.2. The van der Waals surface area contributed by atoms with E-state index in [0.717, 1.165) is 0 Å². The van der Waals surface area contributed by atoms with E-state index in [2.05, 4.69) is 51.1 Å². The molecule has 0 atom stereocenters. The van der Waals surface area contributed by atoms with Crippen molar-refractivity contribution in [2.75, 3.05) is 19.6 Å². The minimum Gasteiger partial charge on any atom is -0.291 e. The van der Waals surface area contributed by atoms with E-state index in [1.54, 1.807) is 5.69 Å². The van der Waals surface area contributed by atoms with Crippen molar-refractivity contribution >= 4 is 5.69 Å². The van der Waals surface area contributed by atoms with Gasteiger partial charge in [0.1, 0.15) is 5.69 Å². The van der Waals surface area contributed by atoms with Gasteiger partial charge in [-0.05, 0) is 50.7 Å². The molecule has 0 N–H and O–H groups in total. The molecule has 0 aromatic heterocycles. The van der Waals surface area contributed by atoms with Crippen molar-refractivity contribution in [1.82, 2.24) is 4.48 Å². The van der Waals surface area contributed by atoms with Gasteiger partial charge in [-0.15, -0.1) is 0 Å². The van der Waals surface area contributed by atoms with Crippen molar-refractivity contribution in [1.29, 1.82) is 0 Å². The lowest BCUT2D eigenvalue weighted by molar-refractivity contribution is 0.254. The molecule has 1 heteroatoms. The Morgan fingerprint density at radius 1 is 0.394 bits per heavy atom. The maximum absolute atomic E-state index is 2.40. The number of hydrogen-bond acceptors (Lipinski definition) is 0. The van der Waals surface area contributed by atoms with E-state index < -0.39 is 0 Å². The van der Waals surface area contributed by atoms with Gasteiger partial charge in [0.2, 0.25) is 0 Å². The second-order valence-electron chi connectivity index (χ2n) is 10.7. The number of unbranched alkanes of at least 4 members (excludes halogenated alkanes) is 17. The van der Waals surface area contributed by atoms with Crippen LogP contribution >= 0.6 is 0 Å². The van der Waals surface area contributed by atoms with Crippen LogP contribution in [0.25, 0.3) is 0 Å². The Bertz CT molecular complexity index is 498. The smallest absolute Gasteiger partial charge is 0.132 e. The van der Waals surface area contributed by atoms with Gasteiger partial charge in [0.05, 0.1) is 19.6 Å². The number of hydrogen-bond donors (Lipinski definition) is 0. The predicted molar refractivity (Wildman–Crippen MR) is 152 cm³/mol. The Hall–Kier alpha value is -0.820. The third-order valence-corrected chi connectivity index (χ3v) is 7.62. The summed E-state index contributed by atoms with van der Waals surface area (Å²) in [5.74, 6) is 0. The Labute approximate surface area is 209 Å². The van der Waals surface area contributed by atoms with Gasteiger partial charge in [0, 0.05) is 0 Å². The van der Waals surface area contributed by atoms with Gasteiger partial charge in [-0.2, -0.15) is 0 Å². The average Bonchev–Trinajstić information content (AvgIpc) is 2.84. The number of benzene rings is 1. The van der Waals surface area contributed by atoms with E-state index in [-0.39, 0.29) is 0 Å². The van der Waals surface area contributed by atoms with Crippen LogP contribution in [0.1, 0.15) is 149 Å². The summed E-state index contributed by atoms with van der Waals surface area (Å²) in [7, 11) is 0. The molecule has 192 valence electrons. The molecule has 0 aliphatic carbocycles. The summed E-state index contributed by atoms with van der Waals surface area (Å²) in [5, 5.41) is 0. The molecule has 0 aliphatic rings. The Morgan fingerprint density at radius 2 is 0.697 bits per heavy atom. The van der Waals surface area contributed by atoms with Gasteiger partial charge >= 0.3 is 0 Å². The molecule has 0 bridgehead atoms. The van der Waals surface area contributed by atoms with Gasteiger partial charge < -0.3 is 0 Å². The van der Waals surface area contributed by atoms with Crippen molar-refractivity contribution < 1.29 is 0 Å². The van der Waals surface area contributed by atoms with E-state index in [1.165, 1.54) is 153 Å². The second-order valence-corrected chi connectivity index (χ2v) is 10.7. The van der Waals surface area contributed by atoms with Crippen LogP contribution in [-0.2, 0) is 0 Å². The first kappa shape index (κ1) is 30.2. The van der Waals surface area contributed by atoms with Gasteiger partial charge in [0.15, 0.2) is 0 Å². The van der Waals surface area contributed by atoms with Crippen LogP contribution in [0.15, 0.2) is 30.3 Å². The highest BCUT2D eigenvalue weighted by atomic mass is 15.4. The second kappa shape index (κ2) is 21.7. The number of quaternary nitrogens is 1. The molecule has 0 aliphatic heterocycles. The van der Waals surface area contributed by atoms with E-state index in [4.69, 9.17) is 0 Å². The van der Waals surface area contributed by atoms with E-state index in [0.29, 0.717) is 0 Å². The molecule has 1 aromatic carbocycles. The molecule has 0 saturated carbocycles. The predicted octanol–water partition coefficient (Wildman–Crippen LogP) is 10.9. The monoisotopic (exact) mass is 458 g/mol. The molecule has 0 heterocycles. The molecule has 33 heavy (non-hydrogen) atoms. The molecule has 1 nitrogen and oxygen atoms in total. The van der Waals surface area contributed by atoms with Crippen molar-refractivity contribution in [2.45, 2.75) is 149 Å². The van der Waals surface area contributed by atoms with E-state index in [9.17, 15) is 0 Å². The van der Waals surface area contributed by atoms with Crippen LogP contribution in [0.5, 0.6) is 0 Å². The molecule has 0 fully saturated rings.